The van der Waals surface area contributed by atoms with Crippen LogP contribution in [0.4, 0.5) is 35.2 Å². The van der Waals surface area contributed by atoms with E-state index in [1.54, 1.807) is 12.3 Å². The second-order valence-corrected chi connectivity index (χ2v) is 11.1. The molecule has 2 aromatic heterocycles. The van der Waals surface area contributed by atoms with Crippen molar-refractivity contribution in [1.82, 2.24) is 24.6 Å². The van der Waals surface area contributed by atoms with Crippen molar-refractivity contribution in [1.29, 1.82) is 0 Å². The van der Waals surface area contributed by atoms with Gasteiger partial charge in [-0.25, -0.2) is 22.9 Å². The van der Waals surface area contributed by atoms with E-state index >= 15 is 4.39 Å². The number of nitrogen functional groups attached to an aromatic ring is 1. The Morgan fingerprint density at radius 2 is 1.55 bits per heavy atom. The van der Waals surface area contributed by atoms with E-state index < -0.39 is 23.5 Å². The van der Waals surface area contributed by atoms with Crippen LogP contribution >= 0.6 is 0 Å². The molecule has 1 aliphatic heterocycles. The molecule has 0 unspecified atom stereocenters. The second-order valence-electron chi connectivity index (χ2n) is 11.1. The molecule has 220 valence electrons. The van der Waals surface area contributed by atoms with Crippen LogP contribution in [0.2, 0.25) is 0 Å². The first-order valence-electron chi connectivity index (χ1n) is 14.1. The third-order valence-corrected chi connectivity index (χ3v) is 8.55. The Morgan fingerprint density at radius 3 is 2.19 bits per heavy atom. The summed E-state index contributed by atoms with van der Waals surface area (Å²) in [6, 6.07) is 8.15. The fourth-order valence-electron chi connectivity index (χ4n) is 6.31. The molecule has 12 heteroatoms. The minimum absolute atomic E-state index is 0.155. The highest BCUT2D eigenvalue weighted by Crippen LogP contribution is 2.39. The average molecular weight is 579 g/mol. The van der Waals surface area contributed by atoms with Crippen molar-refractivity contribution < 1.29 is 18.0 Å². The van der Waals surface area contributed by atoms with Crippen molar-refractivity contribution in [2.75, 3.05) is 43.9 Å². The summed E-state index contributed by atoms with van der Waals surface area (Å²) < 4.78 is 45.6. The lowest BCUT2D eigenvalue weighted by Gasteiger charge is -2.41. The van der Waals surface area contributed by atoms with Gasteiger partial charge in [0.1, 0.15) is 29.0 Å². The molecule has 1 aliphatic carbocycles. The predicted octanol–water partition coefficient (Wildman–Crippen LogP) is 5.05. The van der Waals surface area contributed by atoms with Crippen LogP contribution in [0.5, 0.6) is 0 Å². The normalized spacial score (nSPS) is 20.2. The third kappa shape index (κ3) is 5.16. The van der Waals surface area contributed by atoms with Crippen LogP contribution in [0.3, 0.4) is 0 Å². The van der Waals surface area contributed by atoms with E-state index in [1.165, 1.54) is 12.1 Å². The second kappa shape index (κ2) is 11.3. The van der Waals surface area contributed by atoms with E-state index in [1.807, 2.05) is 10.7 Å². The van der Waals surface area contributed by atoms with E-state index in [4.69, 9.17) is 16.6 Å². The van der Waals surface area contributed by atoms with E-state index in [0.29, 0.717) is 33.7 Å². The van der Waals surface area contributed by atoms with Crippen molar-refractivity contribution >= 4 is 34.1 Å². The van der Waals surface area contributed by atoms with Gasteiger partial charge >= 0.3 is 6.03 Å². The number of fused-ring (bicyclic) bond motifs is 1. The molecular weight excluding hydrogens is 545 g/mol. The predicted molar refractivity (Wildman–Crippen MR) is 156 cm³/mol. The highest BCUT2D eigenvalue weighted by atomic mass is 19.1. The maximum Gasteiger partial charge on any atom is 0.324 e. The van der Waals surface area contributed by atoms with E-state index in [9.17, 15) is 13.6 Å². The molecule has 1 saturated carbocycles. The Labute approximate surface area is 241 Å². The number of hydrogen-bond donors (Lipinski definition) is 2. The van der Waals surface area contributed by atoms with Crippen LogP contribution in [0.15, 0.2) is 48.7 Å². The van der Waals surface area contributed by atoms with Gasteiger partial charge in [-0.15, -0.1) is 0 Å². The molecule has 0 bridgehead atoms. The SMILES string of the molecule is CN1CCN(C2CCC(n3nc(-c4ccc(N(C(N)=O)c5ccc(F)cc5F)c(F)c4)c4c(N)nccc43)CC2)CC1. The molecule has 4 aromatic rings. The number of piperazine rings is 1. The van der Waals surface area contributed by atoms with Gasteiger partial charge < -0.3 is 16.4 Å². The number of aromatic nitrogens is 3. The molecule has 2 aliphatic rings. The fourth-order valence-corrected chi connectivity index (χ4v) is 6.31. The number of halogens is 3. The molecular formula is C30H33F3N8O. The number of urea groups is 1. The molecule has 2 aromatic carbocycles. The molecule has 4 N–H and O–H groups in total. The molecule has 2 fully saturated rings. The third-order valence-electron chi connectivity index (χ3n) is 8.55. The highest BCUT2D eigenvalue weighted by molar-refractivity contribution is 6.01. The maximum absolute atomic E-state index is 15.6. The standard InChI is InChI=1S/C30H33F3N8O/c1-38-12-14-39(15-13-38)20-4-6-21(7-5-20)41-26-10-11-36-29(34)27(26)28(37-41)18-2-8-24(22(32)16-18)40(30(35)42)25-9-3-19(31)17-23(25)33/h2-3,8-11,16-17,20-21H,4-7,12-15H2,1H3,(H2,34,36)(H2,35,42). The van der Waals surface area contributed by atoms with E-state index in [-0.39, 0.29) is 23.2 Å². The van der Waals surface area contributed by atoms with Gasteiger partial charge in [-0.2, -0.15) is 5.10 Å². The van der Waals surface area contributed by atoms with Gasteiger partial charge in [0, 0.05) is 50.0 Å². The van der Waals surface area contributed by atoms with Gasteiger partial charge in [0.25, 0.3) is 0 Å². The number of nitrogens with zero attached hydrogens (tertiary/aromatic N) is 6. The molecule has 0 spiro atoms. The van der Waals surface area contributed by atoms with Gasteiger partial charge in [0.2, 0.25) is 0 Å². The molecule has 0 radical (unpaired) electrons. The first-order valence-corrected chi connectivity index (χ1v) is 14.1. The number of carbonyl (C=O) groups excluding carboxylic acids is 1. The van der Waals surface area contributed by atoms with Crippen molar-refractivity contribution in [2.45, 2.75) is 37.8 Å². The van der Waals surface area contributed by atoms with Crippen molar-refractivity contribution in [3.05, 3.63) is 66.1 Å². The van der Waals surface area contributed by atoms with Crippen molar-refractivity contribution in [3.8, 4) is 11.3 Å². The Bertz CT molecular complexity index is 1630. The largest absolute Gasteiger partial charge is 0.383 e. The number of primary amides is 1. The van der Waals surface area contributed by atoms with Gasteiger partial charge in [0.15, 0.2) is 0 Å². The summed E-state index contributed by atoms with van der Waals surface area (Å²) >= 11 is 0. The Kier molecular flexibility index (Phi) is 7.50. The molecule has 0 atom stereocenters. The zero-order chi connectivity index (χ0) is 29.5. The summed E-state index contributed by atoms with van der Waals surface area (Å²) in [6.07, 6.45) is 5.69. The van der Waals surface area contributed by atoms with Crippen LogP contribution in [-0.4, -0.2) is 69.9 Å². The lowest BCUT2D eigenvalue weighted by atomic mass is 9.89. The van der Waals surface area contributed by atoms with Gasteiger partial charge in [-0.1, -0.05) is 6.07 Å². The summed E-state index contributed by atoms with van der Waals surface area (Å²) in [7, 11) is 2.16. The lowest BCUT2D eigenvalue weighted by molar-refractivity contribution is 0.0816. The van der Waals surface area contributed by atoms with Crippen molar-refractivity contribution in [2.24, 2.45) is 5.73 Å². The summed E-state index contributed by atoms with van der Waals surface area (Å²) in [5.74, 6) is -2.45. The Morgan fingerprint density at radius 1 is 0.905 bits per heavy atom. The number of benzene rings is 2. The minimum atomic E-state index is -1.12. The van der Waals surface area contributed by atoms with Gasteiger partial charge in [-0.05, 0) is 63.1 Å². The Hall–Kier alpha value is -4.16. The highest BCUT2D eigenvalue weighted by Gasteiger charge is 2.31. The van der Waals surface area contributed by atoms with Crippen LogP contribution in [0.25, 0.3) is 22.2 Å². The number of nitrogens with two attached hydrogens (primary N) is 2. The van der Waals surface area contributed by atoms with Crippen molar-refractivity contribution in [3.63, 3.8) is 0 Å². The van der Waals surface area contributed by atoms with E-state index in [0.717, 1.165) is 69.5 Å². The molecule has 1 saturated heterocycles. The number of amides is 2. The summed E-state index contributed by atoms with van der Waals surface area (Å²) in [5.41, 5.74) is 12.8. The zero-order valence-electron chi connectivity index (χ0n) is 23.3. The maximum atomic E-state index is 15.6. The average Bonchev–Trinajstić information content (AvgIpc) is 3.36. The number of likely N-dealkylation sites (N-methyl/N-ethyl adjacent to an activating group) is 1. The summed E-state index contributed by atoms with van der Waals surface area (Å²) in [4.78, 5) is 22.1. The van der Waals surface area contributed by atoms with Gasteiger partial charge in [-0.3, -0.25) is 14.5 Å². The molecule has 3 heterocycles. The zero-order valence-corrected chi connectivity index (χ0v) is 23.3. The molecule has 2 amide bonds. The number of carbonyl (C=O) groups is 1. The summed E-state index contributed by atoms with van der Waals surface area (Å²) in [6.45, 7) is 4.35. The molecule has 9 nitrogen and oxygen atoms in total. The quantitative estimate of drug-likeness (QED) is 0.343. The molecule has 6 rings (SSSR count). The minimum Gasteiger partial charge on any atom is -0.383 e. The Balaban J connectivity index is 1.31. The topological polar surface area (TPSA) is 110 Å². The van der Waals surface area contributed by atoms with Crippen LogP contribution in [0.1, 0.15) is 31.7 Å². The monoisotopic (exact) mass is 578 g/mol. The summed E-state index contributed by atoms with van der Waals surface area (Å²) in [5, 5.41) is 5.54. The number of hydrogen-bond acceptors (Lipinski definition) is 6. The van der Waals surface area contributed by atoms with E-state index in [2.05, 4.69) is 21.8 Å². The first kappa shape index (κ1) is 28.0. The van der Waals surface area contributed by atoms with Gasteiger partial charge in [0.05, 0.1) is 28.3 Å². The first-order chi connectivity index (χ1) is 20.2. The van der Waals surface area contributed by atoms with Crippen LogP contribution < -0.4 is 16.4 Å². The van der Waals surface area contributed by atoms with Crippen LogP contribution in [0, 0.1) is 17.5 Å². The lowest BCUT2D eigenvalue weighted by Crippen LogP contribution is -2.49. The smallest absolute Gasteiger partial charge is 0.324 e. The molecule has 42 heavy (non-hydrogen) atoms. The fraction of sp³-hybridized carbons (Fsp3) is 0.367. The van der Waals surface area contributed by atoms with Crippen LogP contribution in [-0.2, 0) is 0 Å². The number of rotatable bonds is 5. The number of pyridine rings is 1. The number of anilines is 3.